The van der Waals surface area contributed by atoms with E-state index in [1.807, 2.05) is 18.3 Å². The number of allylic oxidation sites excluding steroid dienone is 2. The third-order valence-electron chi connectivity index (χ3n) is 5.96. The molecule has 0 saturated carbocycles. The van der Waals surface area contributed by atoms with Gasteiger partial charge in [-0.05, 0) is 74.7 Å². The SMILES string of the molecule is CN(C=c1cc2c(o1)=CC=CC2=O)C1CCN(CCCCOc2ccc(F)cc2)CC1. The maximum Gasteiger partial charge on any atom is 0.189 e. The van der Waals surface area contributed by atoms with Crippen LogP contribution in [0.25, 0.3) is 12.3 Å². The van der Waals surface area contributed by atoms with Gasteiger partial charge in [-0.2, -0.15) is 0 Å². The van der Waals surface area contributed by atoms with E-state index < -0.39 is 0 Å². The monoisotopic (exact) mass is 424 g/mol. The molecule has 2 aliphatic rings. The number of nitrogens with zero attached hydrogens (tertiary/aromatic N) is 2. The lowest BCUT2D eigenvalue weighted by Crippen LogP contribution is -2.42. The Morgan fingerprint density at radius 1 is 1.23 bits per heavy atom. The second kappa shape index (κ2) is 9.96. The van der Waals surface area contributed by atoms with Crippen LogP contribution in [0.15, 0.2) is 46.9 Å². The first kappa shape index (κ1) is 21.4. The number of rotatable bonds is 8. The molecule has 31 heavy (non-hydrogen) atoms. The van der Waals surface area contributed by atoms with E-state index in [2.05, 4.69) is 16.8 Å². The highest BCUT2D eigenvalue weighted by Gasteiger charge is 2.21. The number of carbonyl (C=O) groups excluding carboxylic acids is 1. The van der Waals surface area contributed by atoms with Gasteiger partial charge in [-0.25, -0.2) is 4.39 Å². The summed E-state index contributed by atoms with van der Waals surface area (Å²) in [5.41, 5.74) is 2.01. The summed E-state index contributed by atoms with van der Waals surface area (Å²) in [7, 11) is 2.08. The fourth-order valence-corrected chi connectivity index (χ4v) is 4.13. The predicted molar refractivity (Wildman–Crippen MR) is 119 cm³/mol. The van der Waals surface area contributed by atoms with E-state index in [9.17, 15) is 9.18 Å². The predicted octanol–water partition coefficient (Wildman–Crippen LogP) is 2.95. The summed E-state index contributed by atoms with van der Waals surface area (Å²) < 4.78 is 24.4. The summed E-state index contributed by atoms with van der Waals surface area (Å²) in [5, 5.41) is 0. The maximum atomic E-state index is 12.9. The molecule has 1 fully saturated rings. The second-order valence-corrected chi connectivity index (χ2v) is 8.19. The fraction of sp³-hybridized carbons (Fsp3) is 0.400. The van der Waals surface area contributed by atoms with Crippen molar-refractivity contribution in [2.75, 3.05) is 33.3 Å². The van der Waals surface area contributed by atoms with Gasteiger partial charge in [0.25, 0.3) is 0 Å². The van der Waals surface area contributed by atoms with E-state index in [1.54, 1.807) is 24.3 Å². The lowest BCUT2D eigenvalue weighted by molar-refractivity contribution is 0.104. The van der Waals surface area contributed by atoms with Crippen LogP contribution in [0.1, 0.15) is 36.0 Å². The Kier molecular flexibility index (Phi) is 6.87. The smallest absolute Gasteiger partial charge is 0.189 e. The van der Waals surface area contributed by atoms with Crippen molar-refractivity contribution in [1.82, 2.24) is 9.80 Å². The molecule has 1 saturated heterocycles. The molecule has 0 spiro atoms. The summed E-state index contributed by atoms with van der Waals surface area (Å²) >= 11 is 0. The van der Waals surface area contributed by atoms with Crippen LogP contribution >= 0.6 is 0 Å². The molecule has 4 rings (SSSR count). The second-order valence-electron chi connectivity index (χ2n) is 8.19. The zero-order valence-corrected chi connectivity index (χ0v) is 17.9. The minimum absolute atomic E-state index is 0.0000677. The molecule has 0 amide bonds. The van der Waals surface area contributed by atoms with Crippen molar-refractivity contribution in [2.45, 2.75) is 31.7 Å². The number of halogens is 1. The molecule has 1 aliphatic carbocycles. The molecule has 164 valence electrons. The van der Waals surface area contributed by atoms with Crippen molar-refractivity contribution >= 4 is 18.1 Å². The Bertz CT molecular complexity index is 1030. The Morgan fingerprint density at radius 2 is 2.00 bits per heavy atom. The molecule has 2 heterocycles. The van der Waals surface area contributed by atoms with E-state index in [1.165, 1.54) is 12.1 Å². The Morgan fingerprint density at radius 3 is 2.74 bits per heavy atom. The zero-order valence-electron chi connectivity index (χ0n) is 17.9. The maximum absolute atomic E-state index is 12.9. The third kappa shape index (κ3) is 5.64. The molecule has 2 aromatic rings. The lowest BCUT2D eigenvalue weighted by Gasteiger charge is -2.36. The fourth-order valence-electron chi connectivity index (χ4n) is 4.13. The number of piperidine rings is 1. The Balaban J connectivity index is 1.17. The molecule has 1 aromatic carbocycles. The topological polar surface area (TPSA) is 45.9 Å². The van der Waals surface area contributed by atoms with E-state index in [0.717, 1.165) is 56.5 Å². The van der Waals surface area contributed by atoms with Gasteiger partial charge in [0, 0.05) is 32.4 Å². The van der Waals surface area contributed by atoms with Gasteiger partial charge in [0.2, 0.25) is 0 Å². The van der Waals surface area contributed by atoms with Crippen LogP contribution in [0.2, 0.25) is 0 Å². The standard InChI is InChI=1S/C25H29FN2O3/c1-27(18-22-17-23-24(29)5-4-6-25(23)31-22)20-11-14-28(15-12-20)13-2-3-16-30-21-9-7-19(26)8-10-21/h4-10,17-18,20H,2-3,11-16H2,1H3. The molecule has 0 radical (unpaired) electrons. The summed E-state index contributed by atoms with van der Waals surface area (Å²) in [6.07, 6.45) is 11.4. The van der Waals surface area contributed by atoms with Gasteiger partial charge >= 0.3 is 0 Å². The van der Waals surface area contributed by atoms with Gasteiger partial charge in [-0.15, -0.1) is 0 Å². The van der Waals surface area contributed by atoms with Crippen molar-refractivity contribution in [2.24, 2.45) is 0 Å². The van der Waals surface area contributed by atoms with Crippen LogP contribution in [-0.4, -0.2) is 54.9 Å². The molecule has 1 aliphatic heterocycles. The summed E-state index contributed by atoms with van der Waals surface area (Å²) in [6, 6.07) is 8.47. The molecule has 0 unspecified atom stereocenters. The highest BCUT2D eigenvalue weighted by molar-refractivity contribution is 6.06. The van der Waals surface area contributed by atoms with Gasteiger partial charge in [0.15, 0.2) is 5.78 Å². The molecule has 0 N–H and O–H groups in total. The van der Waals surface area contributed by atoms with Crippen LogP contribution in [-0.2, 0) is 0 Å². The largest absolute Gasteiger partial charge is 0.494 e. The number of hydrogen-bond donors (Lipinski definition) is 0. The molecule has 5 nitrogen and oxygen atoms in total. The number of benzene rings is 1. The van der Waals surface area contributed by atoms with Crippen LogP contribution in [0.3, 0.4) is 0 Å². The van der Waals surface area contributed by atoms with Crippen LogP contribution in [0.4, 0.5) is 4.39 Å². The number of hydrogen-bond acceptors (Lipinski definition) is 5. The number of carbonyl (C=O) groups is 1. The van der Waals surface area contributed by atoms with Crippen molar-refractivity contribution < 1.29 is 18.3 Å². The van der Waals surface area contributed by atoms with Crippen molar-refractivity contribution in [3.05, 3.63) is 64.7 Å². The van der Waals surface area contributed by atoms with Gasteiger partial charge < -0.3 is 19.0 Å². The zero-order chi connectivity index (χ0) is 21.6. The van der Waals surface area contributed by atoms with E-state index in [0.29, 0.717) is 23.6 Å². The van der Waals surface area contributed by atoms with Crippen molar-refractivity contribution in [3.8, 4) is 5.75 Å². The summed E-state index contributed by atoms with van der Waals surface area (Å²) in [5.74, 6) is 0.477. The lowest BCUT2D eigenvalue weighted by atomic mass is 10.0. The number of likely N-dealkylation sites (tertiary alicyclic amines) is 1. The quantitative estimate of drug-likeness (QED) is 0.610. The van der Waals surface area contributed by atoms with Gasteiger partial charge in [0.05, 0.1) is 12.2 Å². The van der Waals surface area contributed by atoms with E-state index in [-0.39, 0.29) is 11.6 Å². The number of furan rings is 1. The minimum Gasteiger partial charge on any atom is -0.494 e. The molecule has 0 atom stereocenters. The van der Waals surface area contributed by atoms with Gasteiger partial charge in [0.1, 0.15) is 22.4 Å². The average Bonchev–Trinajstić information content (AvgIpc) is 3.19. The Labute approximate surface area is 182 Å². The Hall–Kier alpha value is -2.86. The van der Waals surface area contributed by atoms with Crippen molar-refractivity contribution in [1.29, 1.82) is 0 Å². The first-order valence-electron chi connectivity index (χ1n) is 11.0. The first-order chi connectivity index (χ1) is 15.1. The number of ether oxygens (including phenoxy) is 1. The van der Waals surface area contributed by atoms with Crippen LogP contribution in [0, 0.1) is 5.82 Å². The first-order valence-corrected chi connectivity index (χ1v) is 11.0. The van der Waals surface area contributed by atoms with Crippen LogP contribution in [0.5, 0.6) is 5.75 Å². The van der Waals surface area contributed by atoms with Gasteiger partial charge in [-0.3, -0.25) is 4.79 Å². The number of unbranched alkanes of at least 4 members (excludes halogenated alkanes) is 1. The molecular weight excluding hydrogens is 395 g/mol. The normalized spacial score (nSPS) is 17.5. The van der Waals surface area contributed by atoms with Crippen molar-refractivity contribution in [3.63, 3.8) is 0 Å². The number of ketones is 1. The average molecular weight is 425 g/mol. The van der Waals surface area contributed by atoms with Gasteiger partial charge in [-0.1, -0.05) is 6.08 Å². The highest BCUT2D eigenvalue weighted by Crippen LogP contribution is 2.17. The molecule has 6 heteroatoms. The highest BCUT2D eigenvalue weighted by atomic mass is 19.1. The van der Waals surface area contributed by atoms with E-state index >= 15 is 0 Å². The molecular formula is C25H29FN2O3. The summed E-state index contributed by atoms with van der Waals surface area (Å²) in [6.45, 7) is 3.88. The third-order valence-corrected chi connectivity index (χ3v) is 5.96. The minimum atomic E-state index is -0.242. The van der Waals surface area contributed by atoms with E-state index in [4.69, 9.17) is 9.15 Å². The number of fused-ring (bicyclic) bond motifs is 1. The molecule has 0 bridgehead atoms. The summed E-state index contributed by atoms with van der Waals surface area (Å²) in [4.78, 5) is 16.6. The van der Waals surface area contributed by atoms with Crippen LogP contribution < -0.4 is 15.6 Å². The molecule has 1 aromatic heterocycles.